The monoisotopic (exact) mass is 237 g/mol. The van der Waals surface area contributed by atoms with Gasteiger partial charge in [0.05, 0.1) is 24.6 Å². The molecule has 1 N–H and O–H groups in total. The van der Waals surface area contributed by atoms with Crippen LogP contribution in [-0.4, -0.2) is 29.5 Å². The van der Waals surface area contributed by atoms with Gasteiger partial charge in [-0.25, -0.2) is 0 Å². The summed E-state index contributed by atoms with van der Waals surface area (Å²) >= 11 is 0. The number of nitrogens with zero attached hydrogens (tertiary/aromatic N) is 2. The van der Waals surface area contributed by atoms with Gasteiger partial charge in [0.25, 0.3) is 0 Å². The van der Waals surface area contributed by atoms with Crippen molar-refractivity contribution < 1.29 is 4.74 Å². The van der Waals surface area contributed by atoms with Crippen LogP contribution in [0.25, 0.3) is 0 Å². The molecule has 0 bridgehead atoms. The lowest BCUT2D eigenvalue weighted by Crippen LogP contribution is -2.21. The molecule has 0 radical (unpaired) electrons. The van der Waals surface area contributed by atoms with E-state index in [0.717, 1.165) is 45.0 Å². The van der Waals surface area contributed by atoms with Crippen LogP contribution in [0.2, 0.25) is 0 Å². The Bertz CT molecular complexity index is 333. The van der Waals surface area contributed by atoms with E-state index in [0.29, 0.717) is 0 Å². The van der Waals surface area contributed by atoms with E-state index in [1.807, 2.05) is 17.7 Å². The molecule has 4 heteroatoms. The molecule has 0 aromatic carbocycles. The SMILES string of the molecule is C=CCCOCCNCc1cc(C)nn1CC. The Hall–Kier alpha value is -1.13. The van der Waals surface area contributed by atoms with Gasteiger partial charge in [0.15, 0.2) is 0 Å². The van der Waals surface area contributed by atoms with Gasteiger partial charge in [-0.05, 0) is 26.3 Å². The molecule has 0 saturated carbocycles. The smallest absolute Gasteiger partial charge is 0.0597 e. The first-order valence-corrected chi connectivity index (χ1v) is 6.20. The summed E-state index contributed by atoms with van der Waals surface area (Å²) in [5.74, 6) is 0. The predicted octanol–water partition coefficient (Wildman–Crippen LogP) is 1.89. The molecule has 0 unspecified atom stereocenters. The first-order chi connectivity index (χ1) is 8.27. The Morgan fingerprint density at radius 2 is 2.35 bits per heavy atom. The summed E-state index contributed by atoms with van der Waals surface area (Å²) in [6, 6.07) is 2.12. The third-order valence-electron chi connectivity index (χ3n) is 2.48. The Balaban J connectivity index is 2.15. The summed E-state index contributed by atoms with van der Waals surface area (Å²) in [6.07, 6.45) is 2.79. The minimum absolute atomic E-state index is 0.743. The highest BCUT2D eigenvalue weighted by Crippen LogP contribution is 2.02. The van der Waals surface area contributed by atoms with E-state index in [-0.39, 0.29) is 0 Å². The minimum atomic E-state index is 0.743. The molecule has 0 spiro atoms. The van der Waals surface area contributed by atoms with Gasteiger partial charge in [0, 0.05) is 19.6 Å². The van der Waals surface area contributed by atoms with Crippen LogP contribution in [0.1, 0.15) is 24.7 Å². The summed E-state index contributed by atoms with van der Waals surface area (Å²) in [4.78, 5) is 0. The zero-order valence-electron chi connectivity index (χ0n) is 10.9. The quantitative estimate of drug-likeness (QED) is 0.526. The van der Waals surface area contributed by atoms with E-state index in [9.17, 15) is 0 Å². The molecule has 0 amide bonds. The van der Waals surface area contributed by atoms with Gasteiger partial charge >= 0.3 is 0 Å². The van der Waals surface area contributed by atoms with Crippen LogP contribution in [0, 0.1) is 6.92 Å². The van der Waals surface area contributed by atoms with E-state index >= 15 is 0 Å². The first kappa shape index (κ1) is 13.9. The summed E-state index contributed by atoms with van der Waals surface area (Å²) in [6.45, 7) is 11.9. The summed E-state index contributed by atoms with van der Waals surface area (Å²) in [5.41, 5.74) is 2.31. The fourth-order valence-corrected chi connectivity index (χ4v) is 1.64. The third kappa shape index (κ3) is 5.15. The van der Waals surface area contributed by atoms with Crippen LogP contribution in [0.15, 0.2) is 18.7 Å². The molecule has 0 fully saturated rings. The molecule has 0 aliphatic carbocycles. The lowest BCUT2D eigenvalue weighted by Gasteiger charge is -2.07. The maximum Gasteiger partial charge on any atom is 0.0597 e. The van der Waals surface area contributed by atoms with Crippen molar-refractivity contribution in [1.29, 1.82) is 0 Å². The van der Waals surface area contributed by atoms with E-state index in [1.54, 1.807) is 0 Å². The standard InChI is InChI=1S/C13H23N3O/c1-4-6-8-17-9-7-14-11-13-10-12(3)15-16(13)5-2/h4,10,14H,1,5-9,11H2,2-3H3. The van der Waals surface area contributed by atoms with Crippen molar-refractivity contribution in [3.63, 3.8) is 0 Å². The summed E-state index contributed by atoms with van der Waals surface area (Å²) < 4.78 is 7.45. The van der Waals surface area contributed by atoms with Gasteiger partial charge in [-0.3, -0.25) is 4.68 Å². The maximum absolute atomic E-state index is 5.42. The van der Waals surface area contributed by atoms with Crippen LogP contribution < -0.4 is 5.32 Å². The summed E-state index contributed by atoms with van der Waals surface area (Å²) in [7, 11) is 0. The second kappa shape index (κ2) is 8.03. The topological polar surface area (TPSA) is 39.1 Å². The molecule has 4 nitrogen and oxygen atoms in total. The van der Waals surface area contributed by atoms with Gasteiger partial charge in [-0.1, -0.05) is 6.08 Å². The number of ether oxygens (including phenoxy) is 1. The molecule has 0 atom stereocenters. The molecular formula is C13H23N3O. The molecule has 17 heavy (non-hydrogen) atoms. The molecule has 1 heterocycles. The molecule has 0 aliphatic rings. The van der Waals surface area contributed by atoms with Crippen molar-refractivity contribution in [2.45, 2.75) is 33.4 Å². The molecule has 1 rings (SSSR count). The highest BCUT2D eigenvalue weighted by Gasteiger charge is 2.02. The average Bonchev–Trinajstić information content (AvgIpc) is 2.68. The zero-order valence-corrected chi connectivity index (χ0v) is 10.9. The van der Waals surface area contributed by atoms with Crippen molar-refractivity contribution in [2.75, 3.05) is 19.8 Å². The van der Waals surface area contributed by atoms with Crippen molar-refractivity contribution in [1.82, 2.24) is 15.1 Å². The number of rotatable bonds is 9. The fourth-order valence-electron chi connectivity index (χ4n) is 1.64. The Kier molecular flexibility index (Phi) is 6.58. The number of nitrogens with one attached hydrogen (secondary N) is 1. The average molecular weight is 237 g/mol. The third-order valence-corrected chi connectivity index (χ3v) is 2.48. The van der Waals surface area contributed by atoms with Crippen molar-refractivity contribution in [3.05, 3.63) is 30.1 Å². The van der Waals surface area contributed by atoms with Crippen molar-refractivity contribution in [2.24, 2.45) is 0 Å². The highest BCUT2D eigenvalue weighted by atomic mass is 16.5. The second-order valence-corrected chi connectivity index (χ2v) is 3.96. The van der Waals surface area contributed by atoms with Crippen LogP contribution in [0.4, 0.5) is 0 Å². The van der Waals surface area contributed by atoms with E-state index in [4.69, 9.17) is 4.74 Å². The van der Waals surface area contributed by atoms with Crippen LogP contribution >= 0.6 is 0 Å². The number of aromatic nitrogens is 2. The maximum atomic E-state index is 5.42. The van der Waals surface area contributed by atoms with Crippen LogP contribution in [0.3, 0.4) is 0 Å². The Morgan fingerprint density at radius 1 is 1.53 bits per heavy atom. The van der Waals surface area contributed by atoms with Gasteiger partial charge < -0.3 is 10.1 Å². The van der Waals surface area contributed by atoms with Crippen LogP contribution in [-0.2, 0) is 17.8 Å². The van der Waals surface area contributed by atoms with E-state index < -0.39 is 0 Å². The normalized spacial score (nSPS) is 10.7. The number of hydrogen-bond donors (Lipinski definition) is 1. The van der Waals surface area contributed by atoms with Gasteiger partial charge in [-0.15, -0.1) is 6.58 Å². The van der Waals surface area contributed by atoms with Gasteiger partial charge in [-0.2, -0.15) is 5.10 Å². The Morgan fingerprint density at radius 3 is 3.06 bits per heavy atom. The summed E-state index contributed by atoms with van der Waals surface area (Å²) in [5, 5.41) is 7.76. The molecule has 0 aliphatic heterocycles. The van der Waals surface area contributed by atoms with Gasteiger partial charge in [0.1, 0.15) is 0 Å². The highest BCUT2D eigenvalue weighted by molar-refractivity contribution is 5.08. The Labute approximate surface area is 104 Å². The molecule has 96 valence electrons. The zero-order chi connectivity index (χ0) is 12.5. The lowest BCUT2D eigenvalue weighted by atomic mass is 10.3. The predicted molar refractivity (Wildman–Crippen MR) is 70.0 cm³/mol. The lowest BCUT2D eigenvalue weighted by molar-refractivity contribution is 0.140. The minimum Gasteiger partial charge on any atom is -0.380 e. The second-order valence-electron chi connectivity index (χ2n) is 3.96. The van der Waals surface area contributed by atoms with Crippen LogP contribution in [0.5, 0.6) is 0 Å². The molecular weight excluding hydrogens is 214 g/mol. The first-order valence-electron chi connectivity index (χ1n) is 6.20. The number of hydrogen-bond acceptors (Lipinski definition) is 3. The van der Waals surface area contributed by atoms with E-state index in [1.165, 1.54) is 5.69 Å². The molecule has 0 saturated heterocycles. The largest absolute Gasteiger partial charge is 0.380 e. The van der Waals surface area contributed by atoms with Crippen molar-refractivity contribution >= 4 is 0 Å². The molecule has 1 aromatic heterocycles. The molecule has 1 aromatic rings. The number of aryl methyl sites for hydroxylation is 2. The van der Waals surface area contributed by atoms with Crippen molar-refractivity contribution in [3.8, 4) is 0 Å². The fraction of sp³-hybridized carbons (Fsp3) is 0.615. The van der Waals surface area contributed by atoms with Gasteiger partial charge in [0.2, 0.25) is 0 Å². The van der Waals surface area contributed by atoms with E-state index in [2.05, 4.69) is 30.0 Å².